The molecular weight excluding hydrogens is 352 g/mol. The van der Waals surface area contributed by atoms with E-state index in [1.165, 1.54) is 32.1 Å². The van der Waals surface area contributed by atoms with Gasteiger partial charge in [0.15, 0.2) is 0 Å². The van der Waals surface area contributed by atoms with Crippen molar-refractivity contribution in [2.75, 3.05) is 26.1 Å². The van der Waals surface area contributed by atoms with E-state index in [-0.39, 0.29) is 11.6 Å². The van der Waals surface area contributed by atoms with E-state index in [0.717, 1.165) is 11.8 Å². The summed E-state index contributed by atoms with van der Waals surface area (Å²) in [5.74, 6) is 3.44. The molecular formula is C20H27ClN2O3. The molecule has 0 unspecified atom stereocenters. The second-order valence-corrected chi connectivity index (χ2v) is 8.55. The van der Waals surface area contributed by atoms with Crippen molar-refractivity contribution in [2.45, 2.75) is 37.7 Å². The van der Waals surface area contributed by atoms with Crippen molar-refractivity contribution in [3.8, 4) is 5.75 Å². The van der Waals surface area contributed by atoms with Gasteiger partial charge in [-0.2, -0.15) is 0 Å². The van der Waals surface area contributed by atoms with E-state index < -0.39 is 0 Å². The number of hydrogen-bond acceptors (Lipinski definition) is 3. The first-order valence-electron chi connectivity index (χ1n) is 9.47. The van der Waals surface area contributed by atoms with Gasteiger partial charge >= 0.3 is 6.03 Å². The first-order valence-corrected chi connectivity index (χ1v) is 9.85. The maximum absolute atomic E-state index is 12.5. The van der Waals surface area contributed by atoms with E-state index >= 15 is 0 Å². The smallest absolute Gasteiger partial charge is 0.319 e. The van der Waals surface area contributed by atoms with Crippen LogP contribution in [0.1, 0.15) is 32.1 Å². The Bertz CT molecular complexity index is 666. The summed E-state index contributed by atoms with van der Waals surface area (Å²) in [5, 5.41) is 6.45. The van der Waals surface area contributed by atoms with Crippen molar-refractivity contribution in [3.63, 3.8) is 0 Å². The molecule has 0 atom stereocenters. The fraction of sp³-hybridized carbons (Fsp3) is 0.650. The monoisotopic (exact) mass is 378 g/mol. The summed E-state index contributed by atoms with van der Waals surface area (Å²) in [4.78, 5) is 12.5. The van der Waals surface area contributed by atoms with Gasteiger partial charge in [0.2, 0.25) is 0 Å². The van der Waals surface area contributed by atoms with Gasteiger partial charge in [-0.3, -0.25) is 0 Å². The van der Waals surface area contributed by atoms with Crippen molar-refractivity contribution in [1.82, 2.24) is 5.32 Å². The Labute approximate surface area is 159 Å². The van der Waals surface area contributed by atoms with Crippen LogP contribution >= 0.6 is 11.6 Å². The zero-order valence-electron chi connectivity index (χ0n) is 15.4. The Balaban J connectivity index is 1.43. The molecule has 5 nitrogen and oxygen atoms in total. The predicted molar refractivity (Wildman–Crippen MR) is 102 cm³/mol. The third-order valence-electron chi connectivity index (χ3n) is 6.84. The standard InChI is InChI=1S/C20H27ClN2O3/c1-25-18-4-3-16(21)10-17(18)23-19(24)22-11-20(26-2)14-6-12-5-13(8-14)9-15(20)7-12/h3-4,10,12-15H,5-9,11H2,1-2H3,(H2,22,23,24). The van der Waals surface area contributed by atoms with Crippen molar-refractivity contribution < 1.29 is 14.3 Å². The number of hydrogen-bond donors (Lipinski definition) is 2. The predicted octanol–water partition coefficient (Wildman–Crippen LogP) is 4.31. The zero-order chi connectivity index (χ0) is 18.3. The summed E-state index contributed by atoms with van der Waals surface area (Å²) < 4.78 is 11.4. The normalized spacial score (nSPS) is 34.6. The molecule has 5 rings (SSSR count). The molecule has 6 heteroatoms. The van der Waals surface area contributed by atoms with Crippen LogP contribution in [0.5, 0.6) is 5.75 Å². The third kappa shape index (κ3) is 3.05. The summed E-state index contributed by atoms with van der Waals surface area (Å²) in [5.41, 5.74) is 0.345. The Morgan fingerprint density at radius 3 is 2.38 bits per heavy atom. The molecule has 0 aromatic heterocycles. The second kappa shape index (κ2) is 6.93. The molecule has 26 heavy (non-hydrogen) atoms. The van der Waals surface area contributed by atoms with Gasteiger partial charge in [-0.15, -0.1) is 0 Å². The molecule has 4 aliphatic carbocycles. The molecule has 2 amide bonds. The number of anilines is 1. The molecule has 1 aromatic rings. The van der Waals surface area contributed by atoms with E-state index in [1.54, 1.807) is 25.3 Å². The van der Waals surface area contributed by atoms with Crippen molar-refractivity contribution in [3.05, 3.63) is 23.2 Å². The van der Waals surface area contributed by atoms with Gasteiger partial charge in [0.05, 0.1) is 18.4 Å². The number of nitrogens with one attached hydrogen (secondary N) is 2. The van der Waals surface area contributed by atoms with Crippen LogP contribution in [0.2, 0.25) is 5.02 Å². The Kier molecular flexibility index (Phi) is 4.78. The summed E-state index contributed by atoms with van der Waals surface area (Å²) in [6.07, 6.45) is 6.37. The number of halogens is 1. The van der Waals surface area contributed by atoms with Crippen LogP contribution in [0.15, 0.2) is 18.2 Å². The van der Waals surface area contributed by atoms with E-state index in [4.69, 9.17) is 21.1 Å². The van der Waals surface area contributed by atoms with Crippen LogP contribution in [0.3, 0.4) is 0 Å². The Morgan fingerprint density at radius 2 is 1.81 bits per heavy atom. The number of carbonyl (C=O) groups is 1. The van der Waals surface area contributed by atoms with E-state index in [9.17, 15) is 4.79 Å². The molecule has 0 spiro atoms. The van der Waals surface area contributed by atoms with Crippen molar-refractivity contribution in [1.29, 1.82) is 0 Å². The third-order valence-corrected chi connectivity index (χ3v) is 7.07. The van der Waals surface area contributed by atoms with Crippen LogP contribution in [-0.2, 0) is 4.74 Å². The molecule has 0 radical (unpaired) electrons. The zero-order valence-corrected chi connectivity index (χ0v) is 16.1. The number of benzene rings is 1. The molecule has 0 aliphatic heterocycles. The number of ether oxygens (including phenoxy) is 2. The average Bonchev–Trinajstić information content (AvgIpc) is 2.61. The second-order valence-electron chi connectivity index (χ2n) is 8.12. The van der Waals surface area contributed by atoms with Gasteiger partial charge in [0.25, 0.3) is 0 Å². The first-order chi connectivity index (χ1) is 12.5. The molecule has 0 heterocycles. The fourth-order valence-corrected chi connectivity index (χ4v) is 6.01. The van der Waals surface area contributed by atoms with Gasteiger partial charge < -0.3 is 20.1 Å². The molecule has 0 saturated heterocycles. The van der Waals surface area contributed by atoms with Crippen molar-refractivity contribution >= 4 is 23.3 Å². The van der Waals surface area contributed by atoms with Crippen molar-refractivity contribution in [2.24, 2.45) is 23.7 Å². The largest absolute Gasteiger partial charge is 0.495 e. The molecule has 142 valence electrons. The van der Waals surface area contributed by atoms with E-state index in [0.29, 0.717) is 34.8 Å². The van der Waals surface area contributed by atoms with Gasteiger partial charge in [0.1, 0.15) is 5.75 Å². The number of carbonyl (C=O) groups excluding carboxylic acids is 1. The van der Waals surface area contributed by atoms with Crippen LogP contribution in [-0.4, -0.2) is 32.4 Å². The van der Waals surface area contributed by atoms with Crippen LogP contribution in [0.25, 0.3) is 0 Å². The minimum atomic E-state index is -0.254. The van der Waals surface area contributed by atoms with Crippen LogP contribution < -0.4 is 15.4 Å². The Morgan fingerprint density at radius 1 is 1.15 bits per heavy atom. The lowest BCUT2D eigenvalue weighted by Crippen LogP contribution is -2.63. The lowest BCUT2D eigenvalue weighted by atomic mass is 9.49. The number of methoxy groups -OCH3 is 2. The molecule has 1 aromatic carbocycles. The first kappa shape index (κ1) is 17.9. The minimum absolute atomic E-state index is 0.219. The van der Waals surface area contributed by atoms with Crippen LogP contribution in [0, 0.1) is 23.7 Å². The topological polar surface area (TPSA) is 59.6 Å². The molecule has 2 N–H and O–H groups in total. The van der Waals surface area contributed by atoms with Gasteiger partial charge in [-0.1, -0.05) is 11.6 Å². The molecule has 4 aliphatic rings. The summed E-state index contributed by atoms with van der Waals surface area (Å²) in [6.45, 7) is 0.549. The number of urea groups is 1. The Hall–Kier alpha value is -1.46. The lowest BCUT2D eigenvalue weighted by Gasteiger charge is -2.60. The number of amides is 2. The highest BCUT2D eigenvalue weighted by Crippen LogP contribution is 2.59. The highest BCUT2D eigenvalue weighted by atomic mass is 35.5. The fourth-order valence-electron chi connectivity index (χ4n) is 5.84. The van der Waals surface area contributed by atoms with Gasteiger partial charge in [-0.05, 0) is 74.0 Å². The quantitative estimate of drug-likeness (QED) is 0.802. The minimum Gasteiger partial charge on any atom is -0.495 e. The van der Waals surface area contributed by atoms with Crippen LogP contribution in [0.4, 0.5) is 10.5 Å². The summed E-state index contributed by atoms with van der Waals surface area (Å²) in [7, 11) is 3.38. The highest BCUT2D eigenvalue weighted by Gasteiger charge is 2.57. The highest BCUT2D eigenvalue weighted by molar-refractivity contribution is 6.31. The molecule has 4 bridgehead atoms. The lowest BCUT2D eigenvalue weighted by molar-refractivity contribution is -0.186. The van der Waals surface area contributed by atoms with Gasteiger partial charge in [-0.25, -0.2) is 4.79 Å². The number of rotatable bonds is 5. The summed E-state index contributed by atoms with van der Waals surface area (Å²) in [6, 6.07) is 4.91. The molecule has 4 fully saturated rings. The summed E-state index contributed by atoms with van der Waals surface area (Å²) >= 11 is 6.04. The average molecular weight is 379 g/mol. The SMILES string of the molecule is COc1ccc(Cl)cc1NC(=O)NCC1(OC)C2CC3CC(C2)CC1C3. The molecule has 4 saturated carbocycles. The van der Waals surface area contributed by atoms with Gasteiger partial charge in [0, 0.05) is 18.7 Å². The van der Waals surface area contributed by atoms with E-state index in [1.807, 2.05) is 7.11 Å². The maximum Gasteiger partial charge on any atom is 0.319 e. The maximum atomic E-state index is 12.5. The van der Waals surface area contributed by atoms with E-state index in [2.05, 4.69) is 10.6 Å².